The number of carbonyl (C=O) groups is 2. The van der Waals surface area contributed by atoms with Gasteiger partial charge in [0.05, 0.1) is 23.3 Å². The SMILES string of the molecule is CCn1c(SCC(=O)Nc2cccc(C(C)C)c2)nnc1-c1c[n+](C2Oc3cncc(-c4nnc(SCC(=O)Nc5ccc(C)c(C)c5)n4CC)c3O2)cc2c1OCO2. The van der Waals surface area contributed by atoms with Crippen molar-refractivity contribution in [3.63, 3.8) is 0 Å². The maximum atomic E-state index is 13.0. The van der Waals surface area contributed by atoms with Gasteiger partial charge in [-0.15, -0.1) is 25.0 Å². The van der Waals surface area contributed by atoms with Gasteiger partial charge in [-0.25, -0.2) is 0 Å². The fourth-order valence-electron chi connectivity index (χ4n) is 6.61. The Balaban J connectivity index is 0.991. The van der Waals surface area contributed by atoms with Crippen molar-refractivity contribution in [2.24, 2.45) is 0 Å². The number of carbonyl (C=O) groups excluding carboxylic acids is 2. The number of rotatable bonds is 14. The standard InChI is InChI=1S/C41H42N10O6S2/c1-7-50-37(45-47-39(50)58-21-34(53)44-28-13-12-24(5)25(6)14-28)29-16-42-17-31-36(29)57-41(56-31)49-18-30(35-32(19-49)54-22-55-35)38-46-48-40(51(38)8-2)59-20-33(52)43-27-11-9-10-26(15-27)23(3)4/h9-19,23,41H,7-8,20-22H2,1-6H3,(H-,43,44,52,53)/p+1. The van der Waals surface area contributed by atoms with Gasteiger partial charge in [-0.3, -0.25) is 14.6 Å². The van der Waals surface area contributed by atoms with Crippen LogP contribution in [-0.4, -0.2) is 64.6 Å². The molecule has 0 saturated carbocycles. The molecule has 1 unspecified atom stereocenters. The van der Waals surface area contributed by atoms with Gasteiger partial charge in [-0.05, 0) is 74.6 Å². The van der Waals surface area contributed by atoms with E-state index in [0.29, 0.717) is 75.1 Å². The highest BCUT2D eigenvalue weighted by Crippen LogP contribution is 2.45. The number of amides is 2. The molecule has 0 spiro atoms. The molecule has 2 amide bonds. The molecule has 2 aliphatic heterocycles. The van der Waals surface area contributed by atoms with E-state index in [2.05, 4.69) is 49.9 Å². The Morgan fingerprint density at radius 1 is 0.780 bits per heavy atom. The number of hydrogen-bond acceptors (Lipinski definition) is 13. The van der Waals surface area contributed by atoms with Crippen LogP contribution in [-0.2, 0) is 22.7 Å². The predicted molar refractivity (Wildman–Crippen MR) is 222 cm³/mol. The Labute approximate surface area is 349 Å². The lowest BCUT2D eigenvalue weighted by Crippen LogP contribution is -2.43. The number of ether oxygens (including phenoxy) is 4. The van der Waals surface area contributed by atoms with Crippen molar-refractivity contribution in [3.05, 3.63) is 83.9 Å². The van der Waals surface area contributed by atoms with E-state index in [1.165, 1.54) is 23.5 Å². The average Bonchev–Trinajstić information content (AvgIpc) is 4.05. The number of aryl methyl sites for hydroxylation is 2. The maximum Gasteiger partial charge on any atom is 0.468 e. The van der Waals surface area contributed by atoms with E-state index >= 15 is 0 Å². The molecule has 16 nitrogen and oxygen atoms in total. The zero-order valence-electron chi connectivity index (χ0n) is 33.4. The zero-order valence-corrected chi connectivity index (χ0v) is 35.0. The lowest BCUT2D eigenvalue weighted by atomic mass is 10.0. The van der Waals surface area contributed by atoms with Crippen molar-refractivity contribution in [3.8, 4) is 45.8 Å². The summed E-state index contributed by atoms with van der Waals surface area (Å²) in [5, 5.41) is 25.0. The largest absolute Gasteiger partial charge is 0.468 e. The zero-order chi connectivity index (χ0) is 41.2. The molecule has 1 atom stereocenters. The van der Waals surface area contributed by atoms with Gasteiger partial charge in [0.15, 0.2) is 45.4 Å². The summed E-state index contributed by atoms with van der Waals surface area (Å²) in [6.07, 6.45) is 5.84. The number of fused-ring (bicyclic) bond motifs is 2. The average molecular weight is 836 g/mol. The summed E-state index contributed by atoms with van der Waals surface area (Å²) >= 11 is 2.59. The molecule has 6 heterocycles. The number of aromatic nitrogens is 8. The van der Waals surface area contributed by atoms with Crippen molar-refractivity contribution in [1.29, 1.82) is 0 Å². The van der Waals surface area contributed by atoms with E-state index in [-0.39, 0.29) is 30.1 Å². The monoisotopic (exact) mass is 835 g/mol. The molecular weight excluding hydrogens is 793 g/mol. The number of thioether (sulfide) groups is 2. The number of pyridine rings is 2. The summed E-state index contributed by atoms with van der Waals surface area (Å²) in [4.78, 5) is 30.3. The van der Waals surface area contributed by atoms with E-state index in [9.17, 15) is 9.59 Å². The van der Waals surface area contributed by atoms with Crippen LogP contribution in [0.5, 0.6) is 23.0 Å². The summed E-state index contributed by atoms with van der Waals surface area (Å²) in [7, 11) is 0. The Bertz CT molecular complexity index is 2560. The van der Waals surface area contributed by atoms with Gasteiger partial charge in [0, 0.05) is 30.7 Å². The topological polar surface area (TPSA) is 173 Å². The molecule has 6 aromatic rings. The van der Waals surface area contributed by atoms with Crippen molar-refractivity contribution in [2.45, 2.75) is 77.3 Å². The Morgan fingerprint density at radius 3 is 2.12 bits per heavy atom. The number of anilines is 2. The smallest absolute Gasteiger partial charge is 0.452 e. The highest BCUT2D eigenvalue weighted by Gasteiger charge is 2.39. The molecule has 18 heteroatoms. The minimum atomic E-state index is -0.952. The maximum absolute atomic E-state index is 13.0. The van der Waals surface area contributed by atoms with Gasteiger partial charge in [0.1, 0.15) is 5.56 Å². The van der Waals surface area contributed by atoms with Crippen LogP contribution in [0.15, 0.2) is 77.6 Å². The molecule has 59 heavy (non-hydrogen) atoms. The van der Waals surface area contributed by atoms with Crippen LogP contribution in [0.3, 0.4) is 0 Å². The Hall–Kier alpha value is -6.14. The first-order valence-corrected chi connectivity index (χ1v) is 21.1. The van der Waals surface area contributed by atoms with E-state index < -0.39 is 6.41 Å². The lowest BCUT2D eigenvalue weighted by molar-refractivity contribution is -0.782. The quantitative estimate of drug-likeness (QED) is 0.0869. The fraction of sp³-hybridized carbons (Fsp3) is 0.317. The van der Waals surface area contributed by atoms with Gasteiger partial charge >= 0.3 is 6.41 Å². The summed E-state index contributed by atoms with van der Waals surface area (Å²) in [6, 6.07) is 13.7. The molecule has 8 rings (SSSR count). The molecule has 2 N–H and O–H groups in total. The van der Waals surface area contributed by atoms with Crippen molar-refractivity contribution in [2.75, 3.05) is 28.9 Å². The third-order valence-corrected chi connectivity index (χ3v) is 11.8. The first-order chi connectivity index (χ1) is 28.6. The number of nitrogens with zero attached hydrogens (tertiary/aromatic N) is 8. The highest BCUT2D eigenvalue weighted by molar-refractivity contribution is 8.00. The van der Waals surface area contributed by atoms with Gasteiger partial charge in [-0.2, -0.15) is 0 Å². The van der Waals surface area contributed by atoms with E-state index in [1.54, 1.807) is 23.2 Å². The van der Waals surface area contributed by atoms with Crippen LogP contribution in [0.25, 0.3) is 22.8 Å². The molecule has 0 aliphatic carbocycles. The number of nitrogens with one attached hydrogen (secondary N) is 2. The molecule has 0 fully saturated rings. The van der Waals surface area contributed by atoms with Crippen LogP contribution >= 0.6 is 23.5 Å². The fourth-order valence-corrected chi connectivity index (χ4v) is 8.22. The molecule has 304 valence electrons. The summed E-state index contributed by atoms with van der Waals surface area (Å²) in [5.74, 6) is 3.22. The normalized spacial score (nSPS) is 13.9. The second-order valence-corrected chi connectivity index (χ2v) is 16.0. The highest BCUT2D eigenvalue weighted by atomic mass is 32.2. The molecule has 0 radical (unpaired) electrons. The number of hydrogen-bond donors (Lipinski definition) is 2. The van der Waals surface area contributed by atoms with E-state index in [1.807, 2.05) is 85.5 Å². The predicted octanol–water partition coefficient (Wildman–Crippen LogP) is 6.78. The first-order valence-electron chi connectivity index (χ1n) is 19.2. The first kappa shape index (κ1) is 39.7. The molecule has 2 aliphatic rings. The van der Waals surface area contributed by atoms with Crippen LogP contribution in [0.4, 0.5) is 11.4 Å². The van der Waals surface area contributed by atoms with Crippen LogP contribution < -0.4 is 34.1 Å². The summed E-state index contributed by atoms with van der Waals surface area (Å²) in [5.41, 5.74) is 6.10. The van der Waals surface area contributed by atoms with Gasteiger partial charge in [0.2, 0.25) is 30.6 Å². The second kappa shape index (κ2) is 17.0. The van der Waals surface area contributed by atoms with Gasteiger partial charge in [-0.1, -0.05) is 55.6 Å². The molecule has 2 aromatic carbocycles. The van der Waals surface area contributed by atoms with Crippen molar-refractivity contribution in [1.82, 2.24) is 34.5 Å². The minimum Gasteiger partial charge on any atom is -0.452 e. The summed E-state index contributed by atoms with van der Waals surface area (Å²) < 4.78 is 30.1. The van der Waals surface area contributed by atoms with Crippen molar-refractivity contribution < 1.29 is 33.1 Å². The van der Waals surface area contributed by atoms with E-state index in [4.69, 9.17) is 18.9 Å². The molecule has 0 saturated heterocycles. The third-order valence-electron chi connectivity index (χ3n) is 9.82. The van der Waals surface area contributed by atoms with Gasteiger partial charge in [0.25, 0.3) is 0 Å². The summed E-state index contributed by atoms with van der Waals surface area (Å²) in [6.45, 7) is 13.3. The Kier molecular flexibility index (Phi) is 11.4. The molecule has 0 bridgehead atoms. The Morgan fingerprint density at radius 2 is 1.46 bits per heavy atom. The van der Waals surface area contributed by atoms with Gasteiger partial charge < -0.3 is 38.7 Å². The molecular formula is C41H43N10O6S2+. The van der Waals surface area contributed by atoms with Crippen LogP contribution in [0.1, 0.15) is 56.7 Å². The van der Waals surface area contributed by atoms with Crippen LogP contribution in [0.2, 0.25) is 0 Å². The third kappa shape index (κ3) is 8.27. The second-order valence-electron chi connectivity index (χ2n) is 14.1. The van der Waals surface area contributed by atoms with Crippen molar-refractivity contribution >= 4 is 46.7 Å². The number of benzene rings is 2. The molecule has 4 aromatic heterocycles. The lowest BCUT2D eigenvalue weighted by Gasteiger charge is -2.11. The van der Waals surface area contributed by atoms with E-state index in [0.717, 1.165) is 28.1 Å². The minimum absolute atomic E-state index is 0.0212. The van der Waals surface area contributed by atoms with Crippen LogP contribution in [0, 0.1) is 13.8 Å².